The normalized spacial score (nSPS) is 13.2. The third kappa shape index (κ3) is 3.32. The molecule has 1 aromatic carbocycles. The van der Waals surface area contributed by atoms with Crippen molar-refractivity contribution in [1.29, 1.82) is 0 Å². The molecule has 114 valence electrons. The van der Waals surface area contributed by atoms with Crippen molar-refractivity contribution >= 4 is 11.4 Å². The van der Waals surface area contributed by atoms with E-state index < -0.39 is 11.7 Å². The third-order valence-corrected chi connectivity index (χ3v) is 3.27. The van der Waals surface area contributed by atoms with Crippen LogP contribution in [0.3, 0.4) is 0 Å². The fraction of sp³-hybridized carbons (Fsp3) is 0.333. The molecule has 1 unspecified atom stereocenters. The Morgan fingerprint density at radius 2 is 1.86 bits per heavy atom. The Balaban J connectivity index is 2.33. The first-order valence-electron chi connectivity index (χ1n) is 6.48. The largest absolute Gasteiger partial charge is 0.466 e. The predicted octanol–water partition coefficient (Wildman–Crippen LogP) is 4.67. The number of nitrogen functional groups attached to an aromatic ring is 1. The SMILES string of the molecule is Cc1cc(C(C)Nc2ccc(N)cc2C(F)(F)F)c(C)o1. The first kappa shape index (κ1) is 15.3. The number of anilines is 2. The number of rotatable bonds is 3. The topological polar surface area (TPSA) is 51.2 Å². The van der Waals surface area contributed by atoms with E-state index in [9.17, 15) is 13.2 Å². The van der Waals surface area contributed by atoms with Gasteiger partial charge in [0.05, 0.1) is 11.6 Å². The number of nitrogens with one attached hydrogen (secondary N) is 1. The number of alkyl halides is 3. The molecule has 21 heavy (non-hydrogen) atoms. The summed E-state index contributed by atoms with van der Waals surface area (Å²) < 4.78 is 44.6. The van der Waals surface area contributed by atoms with Crippen molar-refractivity contribution in [2.75, 3.05) is 11.1 Å². The van der Waals surface area contributed by atoms with Crippen LogP contribution in [0.5, 0.6) is 0 Å². The minimum Gasteiger partial charge on any atom is -0.466 e. The monoisotopic (exact) mass is 298 g/mol. The summed E-state index contributed by atoms with van der Waals surface area (Å²) in [7, 11) is 0. The number of hydrogen-bond acceptors (Lipinski definition) is 3. The second kappa shape index (κ2) is 5.35. The summed E-state index contributed by atoms with van der Waals surface area (Å²) in [4.78, 5) is 0. The molecule has 3 nitrogen and oxygen atoms in total. The van der Waals surface area contributed by atoms with Gasteiger partial charge >= 0.3 is 6.18 Å². The quantitative estimate of drug-likeness (QED) is 0.810. The van der Waals surface area contributed by atoms with Crippen LogP contribution < -0.4 is 11.1 Å². The molecule has 0 saturated carbocycles. The molecule has 0 aliphatic carbocycles. The van der Waals surface area contributed by atoms with Gasteiger partial charge in [-0.2, -0.15) is 13.2 Å². The number of aryl methyl sites for hydroxylation is 2. The number of halogens is 3. The zero-order valence-electron chi connectivity index (χ0n) is 12.0. The second-order valence-corrected chi connectivity index (χ2v) is 5.04. The smallest absolute Gasteiger partial charge is 0.418 e. The molecule has 0 spiro atoms. The Labute approximate surface area is 120 Å². The van der Waals surface area contributed by atoms with Gasteiger partial charge in [0.1, 0.15) is 11.5 Å². The van der Waals surface area contributed by atoms with Crippen molar-refractivity contribution in [3.8, 4) is 0 Å². The van der Waals surface area contributed by atoms with E-state index in [1.165, 1.54) is 12.1 Å². The van der Waals surface area contributed by atoms with Crippen LogP contribution in [-0.2, 0) is 6.18 Å². The minimum absolute atomic E-state index is 0.00227. The zero-order valence-corrected chi connectivity index (χ0v) is 12.0. The Morgan fingerprint density at radius 1 is 1.19 bits per heavy atom. The van der Waals surface area contributed by atoms with Gasteiger partial charge in [0, 0.05) is 16.9 Å². The fourth-order valence-electron chi connectivity index (χ4n) is 2.31. The summed E-state index contributed by atoms with van der Waals surface area (Å²) in [5.41, 5.74) is 5.59. The molecule has 6 heteroatoms. The Kier molecular flexibility index (Phi) is 3.89. The molecule has 1 aromatic heterocycles. The molecule has 1 heterocycles. The molecule has 3 N–H and O–H groups in total. The van der Waals surface area contributed by atoms with Crippen LogP contribution in [0.25, 0.3) is 0 Å². The van der Waals surface area contributed by atoms with Gasteiger partial charge in [-0.3, -0.25) is 0 Å². The summed E-state index contributed by atoms with van der Waals surface area (Å²) in [5, 5.41) is 2.88. The fourth-order valence-corrected chi connectivity index (χ4v) is 2.31. The Hall–Kier alpha value is -2.11. The van der Waals surface area contributed by atoms with E-state index in [-0.39, 0.29) is 17.4 Å². The maximum Gasteiger partial charge on any atom is 0.418 e. The lowest BCUT2D eigenvalue weighted by atomic mass is 10.1. The molecule has 0 bridgehead atoms. The standard InChI is InChI=1S/C15H17F3N2O/c1-8-6-12(10(3)21-8)9(2)20-14-5-4-11(19)7-13(14)15(16,17)18/h4-7,9,20H,19H2,1-3H3. The molecule has 0 aliphatic heterocycles. The van der Waals surface area contributed by atoms with E-state index in [1.54, 1.807) is 20.8 Å². The molecule has 0 fully saturated rings. The molecule has 1 atom stereocenters. The predicted molar refractivity (Wildman–Crippen MR) is 76.1 cm³/mol. The van der Waals surface area contributed by atoms with Crippen LogP contribution in [0, 0.1) is 13.8 Å². The highest BCUT2D eigenvalue weighted by molar-refractivity contribution is 5.60. The zero-order chi connectivity index (χ0) is 15.8. The molecular formula is C15H17F3N2O. The van der Waals surface area contributed by atoms with Gasteiger partial charge in [-0.15, -0.1) is 0 Å². The van der Waals surface area contributed by atoms with Crippen LogP contribution in [-0.4, -0.2) is 0 Å². The highest BCUT2D eigenvalue weighted by atomic mass is 19.4. The maximum atomic E-state index is 13.1. The second-order valence-electron chi connectivity index (χ2n) is 5.04. The molecule has 0 aliphatic rings. The van der Waals surface area contributed by atoms with E-state index in [0.29, 0.717) is 5.76 Å². The number of nitrogens with two attached hydrogens (primary N) is 1. The summed E-state index contributed by atoms with van der Waals surface area (Å²) in [5.74, 6) is 1.42. The maximum absolute atomic E-state index is 13.1. The Morgan fingerprint density at radius 3 is 2.38 bits per heavy atom. The molecule has 0 radical (unpaired) electrons. The summed E-state index contributed by atoms with van der Waals surface area (Å²) in [6.07, 6.45) is -4.46. The van der Waals surface area contributed by atoms with Gasteiger partial charge in [-0.25, -0.2) is 0 Å². The first-order valence-corrected chi connectivity index (χ1v) is 6.48. The van der Waals surface area contributed by atoms with Crippen LogP contribution in [0.2, 0.25) is 0 Å². The van der Waals surface area contributed by atoms with E-state index in [1.807, 2.05) is 6.07 Å². The van der Waals surface area contributed by atoms with E-state index >= 15 is 0 Å². The average molecular weight is 298 g/mol. The summed E-state index contributed by atoms with van der Waals surface area (Å²) >= 11 is 0. The van der Waals surface area contributed by atoms with Crippen LogP contribution >= 0.6 is 0 Å². The molecular weight excluding hydrogens is 281 g/mol. The minimum atomic E-state index is -4.46. The van der Waals surface area contributed by atoms with Crippen molar-refractivity contribution < 1.29 is 17.6 Å². The molecule has 2 aromatic rings. The summed E-state index contributed by atoms with van der Waals surface area (Å²) in [6, 6.07) is 5.22. The lowest BCUT2D eigenvalue weighted by Gasteiger charge is -2.19. The van der Waals surface area contributed by atoms with Crippen molar-refractivity contribution in [1.82, 2.24) is 0 Å². The van der Waals surface area contributed by atoms with Gasteiger partial charge < -0.3 is 15.5 Å². The molecule has 0 amide bonds. The third-order valence-electron chi connectivity index (χ3n) is 3.27. The lowest BCUT2D eigenvalue weighted by Crippen LogP contribution is -2.14. The van der Waals surface area contributed by atoms with Gasteiger partial charge in [0.2, 0.25) is 0 Å². The van der Waals surface area contributed by atoms with Gasteiger partial charge in [0.15, 0.2) is 0 Å². The number of hydrogen-bond donors (Lipinski definition) is 2. The molecule has 0 saturated heterocycles. The highest BCUT2D eigenvalue weighted by Gasteiger charge is 2.34. The average Bonchev–Trinajstić information content (AvgIpc) is 2.69. The van der Waals surface area contributed by atoms with Gasteiger partial charge in [0.25, 0.3) is 0 Å². The van der Waals surface area contributed by atoms with Crippen LogP contribution in [0.4, 0.5) is 24.5 Å². The van der Waals surface area contributed by atoms with E-state index in [2.05, 4.69) is 5.32 Å². The van der Waals surface area contributed by atoms with Crippen LogP contribution in [0.1, 0.15) is 35.6 Å². The number of benzene rings is 1. The van der Waals surface area contributed by atoms with Crippen molar-refractivity contribution in [2.24, 2.45) is 0 Å². The van der Waals surface area contributed by atoms with Crippen molar-refractivity contribution in [3.05, 3.63) is 46.9 Å². The Bertz CT molecular complexity index is 647. The van der Waals surface area contributed by atoms with Crippen LogP contribution in [0.15, 0.2) is 28.7 Å². The van der Waals surface area contributed by atoms with E-state index in [0.717, 1.165) is 17.4 Å². The highest BCUT2D eigenvalue weighted by Crippen LogP contribution is 2.37. The van der Waals surface area contributed by atoms with Gasteiger partial charge in [-0.05, 0) is 45.0 Å². The van der Waals surface area contributed by atoms with Gasteiger partial charge in [-0.1, -0.05) is 0 Å². The lowest BCUT2D eigenvalue weighted by molar-refractivity contribution is -0.136. The first-order chi connectivity index (χ1) is 9.68. The van der Waals surface area contributed by atoms with Crippen molar-refractivity contribution in [2.45, 2.75) is 33.0 Å². The number of furan rings is 1. The van der Waals surface area contributed by atoms with Crippen molar-refractivity contribution in [3.63, 3.8) is 0 Å². The summed E-state index contributed by atoms with van der Waals surface area (Å²) in [6.45, 7) is 5.37. The van der Waals surface area contributed by atoms with E-state index in [4.69, 9.17) is 10.2 Å². The molecule has 2 rings (SSSR count).